The van der Waals surface area contributed by atoms with Gasteiger partial charge in [0.2, 0.25) is 0 Å². The predicted octanol–water partition coefficient (Wildman–Crippen LogP) is 2.32. The van der Waals surface area contributed by atoms with E-state index < -0.39 is 11.9 Å². The molecule has 0 radical (unpaired) electrons. The Bertz CT molecular complexity index is 257. The van der Waals surface area contributed by atoms with Gasteiger partial charge in [-0.15, -0.1) is 0 Å². The molecule has 0 aromatic heterocycles. The second-order valence-corrected chi connectivity index (χ2v) is 6.35. The summed E-state index contributed by atoms with van der Waals surface area (Å²) in [4.78, 5) is 0. The molecule has 2 fully saturated rings. The van der Waals surface area contributed by atoms with Crippen LogP contribution in [0.2, 0.25) is 0 Å². The van der Waals surface area contributed by atoms with Crippen molar-refractivity contribution in [2.75, 3.05) is 0 Å². The van der Waals surface area contributed by atoms with Crippen LogP contribution >= 0.6 is 0 Å². The lowest BCUT2D eigenvalue weighted by molar-refractivity contribution is -0.237. The highest BCUT2D eigenvalue weighted by molar-refractivity contribution is 5.10. The molecule has 2 rings (SSSR count). The standard InChI is InChI=1S/C13H24O3/c1-6-9-13(16-9)8(2)7-10(12(3,4)5)15-11(13)14/h8-11,14H,6-7H2,1-5H3/t8-,9+,10-,11-,13?/m1/s1. The summed E-state index contributed by atoms with van der Waals surface area (Å²) >= 11 is 0. The minimum absolute atomic E-state index is 0.0768. The summed E-state index contributed by atoms with van der Waals surface area (Å²) in [5.41, 5.74) is -0.329. The summed E-state index contributed by atoms with van der Waals surface area (Å²) in [5, 5.41) is 10.2. The number of aliphatic hydroxyl groups excluding tert-OH is 1. The highest BCUT2D eigenvalue weighted by Gasteiger charge is 2.67. The predicted molar refractivity (Wildman–Crippen MR) is 62.0 cm³/mol. The van der Waals surface area contributed by atoms with Crippen LogP contribution in [0.25, 0.3) is 0 Å². The monoisotopic (exact) mass is 228 g/mol. The maximum absolute atomic E-state index is 10.2. The summed E-state index contributed by atoms with van der Waals surface area (Å²) in [5.74, 6) is 0.366. The molecule has 0 bridgehead atoms. The highest BCUT2D eigenvalue weighted by atomic mass is 16.7. The summed E-state index contributed by atoms with van der Waals surface area (Å²) in [6.45, 7) is 10.7. The van der Waals surface area contributed by atoms with E-state index in [0.29, 0.717) is 5.92 Å². The minimum atomic E-state index is -0.759. The van der Waals surface area contributed by atoms with Gasteiger partial charge in [-0.1, -0.05) is 34.6 Å². The van der Waals surface area contributed by atoms with Crippen LogP contribution in [0.4, 0.5) is 0 Å². The molecule has 2 aliphatic rings. The molecule has 0 amide bonds. The maximum Gasteiger partial charge on any atom is 0.187 e. The Labute approximate surface area is 98.1 Å². The van der Waals surface area contributed by atoms with E-state index in [-0.39, 0.29) is 17.6 Å². The van der Waals surface area contributed by atoms with Crippen molar-refractivity contribution >= 4 is 0 Å². The number of epoxide rings is 1. The molecular formula is C13H24O3. The third kappa shape index (κ3) is 1.69. The lowest BCUT2D eigenvalue weighted by atomic mass is 9.76. The molecule has 2 heterocycles. The topological polar surface area (TPSA) is 42.0 Å². The van der Waals surface area contributed by atoms with Crippen molar-refractivity contribution in [3.63, 3.8) is 0 Å². The Morgan fingerprint density at radius 2 is 2.00 bits per heavy atom. The number of aliphatic hydroxyl groups is 1. The lowest BCUT2D eigenvalue weighted by Gasteiger charge is -2.42. The van der Waals surface area contributed by atoms with E-state index in [1.807, 2.05) is 0 Å². The van der Waals surface area contributed by atoms with Gasteiger partial charge in [0.1, 0.15) is 5.60 Å². The molecule has 0 saturated carbocycles. The molecule has 5 atom stereocenters. The Hall–Kier alpha value is -0.120. The van der Waals surface area contributed by atoms with Crippen LogP contribution < -0.4 is 0 Å². The van der Waals surface area contributed by atoms with E-state index in [1.165, 1.54) is 0 Å². The van der Waals surface area contributed by atoms with E-state index in [1.54, 1.807) is 0 Å². The summed E-state index contributed by atoms with van der Waals surface area (Å²) in [6, 6.07) is 0. The van der Waals surface area contributed by atoms with Gasteiger partial charge < -0.3 is 14.6 Å². The summed E-state index contributed by atoms with van der Waals surface area (Å²) in [7, 11) is 0. The fourth-order valence-electron chi connectivity index (χ4n) is 2.89. The van der Waals surface area contributed by atoms with Crippen LogP contribution in [0.15, 0.2) is 0 Å². The quantitative estimate of drug-likeness (QED) is 0.700. The average molecular weight is 228 g/mol. The molecule has 0 aromatic rings. The molecule has 2 saturated heterocycles. The van der Waals surface area contributed by atoms with E-state index in [4.69, 9.17) is 9.47 Å². The Morgan fingerprint density at radius 1 is 1.38 bits per heavy atom. The van der Waals surface area contributed by atoms with Crippen LogP contribution in [0.1, 0.15) is 47.5 Å². The Morgan fingerprint density at radius 3 is 2.38 bits per heavy atom. The molecular weight excluding hydrogens is 204 g/mol. The first-order chi connectivity index (χ1) is 7.32. The van der Waals surface area contributed by atoms with Crippen LogP contribution in [0, 0.1) is 11.3 Å². The number of hydrogen-bond acceptors (Lipinski definition) is 3. The summed E-state index contributed by atoms with van der Waals surface area (Å²) in [6.07, 6.45) is 1.45. The van der Waals surface area contributed by atoms with Crippen molar-refractivity contribution in [3.8, 4) is 0 Å². The molecule has 16 heavy (non-hydrogen) atoms. The van der Waals surface area contributed by atoms with Crippen molar-refractivity contribution in [1.82, 2.24) is 0 Å². The smallest absolute Gasteiger partial charge is 0.187 e. The zero-order valence-electron chi connectivity index (χ0n) is 11.0. The van der Waals surface area contributed by atoms with E-state index in [9.17, 15) is 5.11 Å². The fourth-order valence-corrected chi connectivity index (χ4v) is 2.89. The first-order valence-electron chi connectivity index (χ1n) is 6.33. The zero-order valence-corrected chi connectivity index (χ0v) is 11.0. The van der Waals surface area contributed by atoms with Gasteiger partial charge in [0.25, 0.3) is 0 Å². The minimum Gasteiger partial charge on any atom is -0.366 e. The molecule has 1 unspecified atom stereocenters. The van der Waals surface area contributed by atoms with Gasteiger partial charge in [-0.3, -0.25) is 0 Å². The molecule has 0 aliphatic carbocycles. The van der Waals surface area contributed by atoms with Crippen molar-refractivity contribution < 1.29 is 14.6 Å². The number of hydrogen-bond donors (Lipinski definition) is 1. The molecule has 0 aromatic carbocycles. The van der Waals surface area contributed by atoms with Crippen LogP contribution in [0.5, 0.6) is 0 Å². The van der Waals surface area contributed by atoms with Gasteiger partial charge in [-0.25, -0.2) is 0 Å². The summed E-state index contributed by atoms with van der Waals surface area (Å²) < 4.78 is 11.5. The van der Waals surface area contributed by atoms with Crippen molar-refractivity contribution in [2.24, 2.45) is 11.3 Å². The number of ether oxygens (including phenoxy) is 2. The molecule has 1 N–H and O–H groups in total. The van der Waals surface area contributed by atoms with Crippen molar-refractivity contribution in [3.05, 3.63) is 0 Å². The molecule has 3 heteroatoms. The van der Waals surface area contributed by atoms with Crippen molar-refractivity contribution in [2.45, 2.75) is 71.6 Å². The third-order valence-electron chi connectivity index (χ3n) is 4.15. The van der Waals surface area contributed by atoms with E-state index in [2.05, 4.69) is 34.6 Å². The van der Waals surface area contributed by atoms with Gasteiger partial charge in [0.15, 0.2) is 6.29 Å². The Balaban J connectivity index is 2.10. The average Bonchev–Trinajstić information content (AvgIpc) is 2.88. The number of rotatable bonds is 1. The van der Waals surface area contributed by atoms with Crippen molar-refractivity contribution in [1.29, 1.82) is 0 Å². The molecule has 94 valence electrons. The second-order valence-electron chi connectivity index (χ2n) is 6.35. The first-order valence-corrected chi connectivity index (χ1v) is 6.33. The highest BCUT2D eigenvalue weighted by Crippen LogP contribution is 2.53. The normalized spacial score (nSPS) is 48.4. The maximum atomic E-state index is 10.2. The molecule has 2 aliphatic heterocycles. The molecule has 3 nitrogen and oxygen atoms in total. The fraction of sp³-hybridized carbons (Fsp3) is 1.00. The largest absolute Gasteiger partial charge is 0.366 e. The van der Waals surface area contributed by atoms with E-state index >= 15 is 0 Å². The van der Waals surface area contributed by atoms with Crippen LogP contribution in [0.3, 0.4) is 0 Å². The lowest BCUT2D eigenvalue weighted by Crippen LogP contribution is -2.51. The first kappa shape index (κ1) is 12.3. The van der Waals surface area contributed by atoms with E-state index in [0.717, 1.165) is 12.8 Å². The SMILES string of the molecule is CC[C@@H]1OC12[C@H](C)C[C@H](C(C)(C)C)O[C@H]2O. The Kier molecular flexibility index (Phi) is 2.84. The van der Waals surface area contributed by atoms with Crippen LogP contribution in [-0.4, -0.2) is 29.2 Å². The molecule has 1 spiro atoms. The second kappa shape index (κ2) is 3.69. The van der Waals surface area contributed by atoms with Gasteiger partial charge in [0.05, 0.1) is 12.2 Å². The van der Waals surface area contributed by atoms with Gasteiger partial charge >= 0.3 is 0 Å². The van der Waals surface area contributed by atoms with Gasteiger partial charge in [-0.2, -0.15) is 0 Å². The van der Waals surface area contributed by atoms with Gasteiger partial charge in [-0.05, 0) is 24.2 Å². The van der Waals surface area contributed by atoms with Crippen LogP contribution in [-0.2, 0) is 9.47 Å². The third-order valence-corrected chi connectivity index (χ3v) is 4.15. The zero-order chi connectivity index (χ0) is 12.1. The van der Waals surface area contributed by atoms with Gasteiger partial charge in [0, 0.05) is 0 Å².